The van der Waals surface area contributed by atoms with Gasteiger partial charge in [0.25, 0.3) is 0 Å². The predicted molar refractivity (Wildman–Crippen MR) is 276 cm³/mol. The van der Waals surface area contributed by atoms with E-state index in [-0.39, 0.29) is 0 Å². The van der Waals surface area contributed by atoms with Gasteiger partial charge in [0.15, 0.2) is 23.2 Å². The zero-order valence-corrected chi connectivity index (χ0v) is 36.0. The molecule has 0 aliphatic carbocycles. The van der Waals surface area contributed by atoms with Crippen molar-refractivity contribution in [3.8, 4) is 67.5 Å². The molecule has 13 rings (SSSR count). The topological polar surface area (TPSA) is 56.2 Å². The van der Waals surface area contributed by atoms with Gasteiger partial charge in [0.05, 0.1) is 6.57 Å². The third-order valence-corrected chi connectivity index (χ3v) is 13.1. The molecule has 0 amide bonds. The SMILES string of the molecule is [C-]#[N+]c1ccc(-c2cc3c4ccccc4c(-c4ccc(-c5cccc(-c6nc(-c7ccccc7)nc(-c7ccc8c(c7)oc7ccccc78)n6)c5)c5ccccc45)cc3c3ccccc23)cc1. The molecule has 0 bridgehead atoms. The summed E-state index contributed by atoms with van der Waals surface area (Å²) < 4.78 is 6.29. The monoisotopic (exact) mass is 852 g/mol. The smallest absolute Gasteiger partial charge is 0.187 e. The largest absolute Gasteiger partial charge is 0.456 e. The third kappa shape index (κ3) is 6.43. The Bertz CT molecular complexity index is 4170. The quantitative estimate of drug-likeness (QED) is 0.123. The van der Waals surface area contributed by atoms with Gasteiger partial charge in [-0.15, -0.1) is 0 Å². The van der Waals surface area contributed by atoms with Crippen molar-refractivity contribution in [1.82, 2.24) is 15.0 Å². The summed E-state index contributed by atoms with van der Waals surface area (Å²) in [6.45, 7) is 7.49. The molecule has 0 saturated heterocycles. The molecule has 0 aliphatic rings. The Hall–Kier alpha value is -9.24. The maximum Gasteiger partial charge on any atom is 0.187 e. The van der Waals surface area contributed by atoms with Gasteiger partial charge >= 0.3 is 0 Å². The highest BCUT2D eigenvalue weighted by Crippen LogP contribution is 2.45. The zero-order valence-electron chi connectivity index (χ0n) is 36.0. The number of benzene rings is 11. The molecule has 310 valence electrons. The molecule has 13 aromatic rings. The van der Waals surface area contributed by atoms with Crippen molar-refractivity contribution < 1.29 is 4.42 Å². The number of fused-ring (bicyclic) bond motifs is 9. The Labute approximate surface area is 385 Å². The second-order valence-corrected chi connectivity index (χ2v) is 17.0. The third-order valence-electron chi connectivity index (χ3n) is 13.1. The first-order chi connectivity index (χ1) is 33.1. The summed E-state index contributed by atoms with van der Waals surface area (Å²) in [7, 11) is 0. The van der Waals surface area contributed by atoms with Crippen LogP contribution in [-0.4, -0.2) is 15.0 Å². The summed E-state index contributed by atoms with van der Waals surface area (Å²) in [4.78, 5) is 18.9. The van der Waals surface area contributed by atoms with E-state index in [4.69, 9.17) is 25.9 Å². The number of aromatic nitrogens is 3. The zero-order chi connectivity index (χ0) is 44.4. The molecule has 0 saturated carbocycles. The molecule has 0 radical (unpaired) electrons. The van der Waals surface area contributed by atoms with E-state index < -0.39 is 0 Å². The van der Waals surface area contributed by atoms with E-state index in [9.17, 15) is 0 Å². The number of hydrogen-bond donors (Lipinski definition) is 0. The molecule has 67 heavy (non-hydrogen) atoms. The van der Waals surface area contributed by atoms with Crippen LogP contribution in [0.5, 0.6) is 0 Å². The lowest BCUT2D eigenvalue weighted by molar-refractivity contribution is 0.669. The van der Waals surface area contributed by atoms with E-state index in [1.807, 2.05) is 66.7 Å². The van der Waals surface area contributed by atoms with Crippen LogP contribution in [0.15, 0.2) is 223 Å². The summed E-state index contributed by atoms with van der Waals surface area (Å²) in [5.74, 6) is 1.77. The molecule has 2 heterocycles. The molecule has 0 N–H and O–H groups in total. The van der Waals surface area contributed by atoms with Gasteiger partial charge < -0.3 is 4.42 Å². The van der Waals surface area contributed by atoms with Gasteiger partial charge in [-0.3, -0.25) is 0 Å². The van der Waals surface area contributed by atoms with Crippen LogP contribution in [0.4, 0.5) is 5.69 Å². The van der Waals surface area contributed by atoms with Gasteiger partial charge in [0.1, 0.15) is 11.2 Å². The number of hydrogen-bond acceptors (Lipinski definition) is 4. The van der Waals surface area contributed by atoms with E-state index in [1.54, 1.807) is 0 Å². The van der Waals surface area contributed by atoms with Crippen LogP contribution < -0.4 is 0 Å². The lowest BCUT2D eigenvalue weighted by Crippen LogP contribution is -2.00. The van der Waals surface area contributed by atoms with Crippen molar-refractivity contribution in [2.75, 3.05) is 0 Å². The fraction of sp³-hybridized carbons (Fsp3) is 0. The first-order valence-corrected chi connectivity index (χ1v) is 22.4. The highest BCUT2D eigenvalue weighted by atomic mass is 16.3. The average molecular weight is 853 g/mol. The second-order valence-electron chi connectivity index (χ2n) is 17.0. The molecule has 0 atom stereocenters. The molecule has 5 heteroatoms. The summed E-state index contributed by atoms with van der Waals surface area (Å²) in [6, 6.07) is 76.3. The minimum absolute atomic E-state index is 0.577. The lowest BCUT2D eigenvalue weighted by Gasteiger charge is -2.18. The predicted octanol–water partition coefficient (Wildman–Crippen LogP) is 16.9. The molecule has 11 aromatic carbocycles. The van der Waals surface area contributed by atoms with Crippen LogP contribution in [0.1, 0.15) is 0 Å². The molecule has 0 spiro atoms. The normalized spacial score (nSPS) is 11.6. The van der Waals surface area contributed by atoms with Gasteiger partial charge in [0.2, 0.25) is 0 Å². The minimum atomic E-state index is 0.577. The van der Waals surface area contributed by atoms with Crippen LogP contribution in [0, 0.1) is 6.57 Å². The van der Waals surface area contributed by atoms with E-state index >= 15 is 0 Å². The second kappa shape index (κ2) is 15.5. The van der Waals surface area contributed by atoms with E-state index in [1.165, 1.54) is 48.8 Å². The number of para-hydroxylation sites is 1. The van der Waals surface area contributed by atoms with Gasteiger partial charge in [-0.2, -0.15) is 0 Å². The van der Waals surface area contributed by atoms with Crippen molar-refractivity contribution in [2.45, 2.75) is 0 Å². The molecule has 2 aromatic heterocycles. The lowest BCUT2D eigenvalue weighted by atomic mass is 9.85. The van der Waals surface area contributed by atoms with Gasteiger partial charge in [-0.1, -0.05) is 182 Å². The molecular weight excluding hydrogens is 817 g/mol. The summed E-state index contributed by atoms with van der Waals surface area (Å²) in [6.07, 6.45) is 0. The van der Waals surface area contributed by atoms with E-state index in [2.05, 4.69) is 157 Å². The Morgan fingerprint density at radius 2 is 0.761 bits per heavy atom. The summed E-state index contributed by atoms with van der Waals surface area (Å²) >= 11 is 0. The van der Waals surface area contributed by atoms with Crippen molar-refractivity contribution in [1.29, 1.82) is 0 Å². The van der Waals surface area contributed by atoms with E-state index in [0.717, 1.165) is 66.3 Å². The fourth-order valence-electron chi connectivity index (χ4n) is 9.96. The summed E-state index contributed by atoms with van der Waals surface area (Å²) in [5.41, 5.74) is 11.7. The fourth-order valence-corrected chi connectivity index (χ4v) is 9.96. The van der Waals surface area contributed by atoms with Gasteiger partial charge in [0, 0.05) is 27.5 Å². The van der Waals surface area contributed by atoms with Crippen molar-refractivity contribution >= 4 is 70.7 Å². The van der Waals surface area contributed by atoms with Gasteiger partial charge in [-0.25, -0.2) is 19.8 Å². The summed E-state index contributed by atoms with van der Waals surface area (Å²) in [5, 5.41) is 11.6. The maximum atomic E-state index is 7.49. The number of furan rings is 1. The van der Waals surface area contributed by atoms with Crippen LogP contribution in [-0.2, 0) is 0 Å². The molecular formula is C62H36N4O. The van der Waals surface area contributed by atoms with Crippen LogP contribution in [0.25, 0.3) is 137 Å². The number of nitrogens with zero attached hydrogens (tertiary/aromatic N) is 4. The molecule has 0 unspecified atom stereocenters. The van der Waals surface area contributed by atoms with Crippen molar-refractivity contribution in [3.05, 3.63) is 230 Å². The van der Waals surface area contributed by atoms with Crippen molar-refractivity contribution in [3.63, 3.8) is 0 Å². The molecule has 0 aliphatic heterocycles. The van der Waals surface area contributed by atoms with Crippen LogP contribution in [0.2, 0.25) is 0 Å². The first-order valence-electron chi connectivity index (χ1n) is 22.4. The highest BCUT2D eigenvalue weighted by Gasteiger charge is 2.19. The highest BCUT2D eigenvalue weighted by molar-refractivity contribution is 6.25. The Morgan fingerprint density at radius 1 is 0.284 bits per heavy atom. The number of rotatable bonds is 6. The first kappa shape index (κ1) is 38.2. The maximum absolute atomic E-state index is 7.49. The van der Waals surface area contributed by atoms with Crippen LogP contribution >= 0.6 is 0 Å². The standard InChI is InChI=1S/C62H36N4O/c1-63-43-29-26-38(27-30-43)54-36-56-50-23-10-9-22-49(50)55(37-57(56)48-21-8-7-20-47(48)54)51-33-32-44(45-18-5-6-19-46(45)51)40-16-13-17-41(34-40)61-64-60(39-14-3-2-4-15-39)65-62(66-61)42-28-31-53-52-24-11-12-25-58(52)67-59(53)35-42/h2-37H. The Morgan fingerprint density at radius 3 is 1.45 bits per heavy atom. The Balaban J connectivity index is 0.952. The molecule has 5 nitrogen and oxygen atoms in total. The average Bonchev–Trinajstić information content (AvgIpc) is 3.78. The van der Waals surface area contributed by atoms with E-state index in [0.29, 0.717) is 23.2 Å². The Kier molecular flexibility index (Phi) is 8.84. The van der Waals surface area contributed by atoms with Crippen molar-refractivity contribution in [2.24, 2.45) is 0 Å². The minimum Gasteiger partial charge on any atom is -0.456 e. The molecule has 0 fully saturated rings. The van der Waals surface area contributed by atoms with Crippen LogP contribution in [0.3, 0.4) is 0 Å². The van der Waals surface area contributed by atoms with Gasteiger partial charge in [-0.05, 0) is 113 Å².